The lowest BCUT2D eigenvalue weighted by atomic mass is 9.76. The first-order valence-corrected chi connectivity index (χ1v) is 9.69. The number of fused-ring (bicyclic) bond motifs is 2. The van der Waals surface area contributed by atoms with Gasteiger partial charge in [0.05, 0.1) is 5.69 Å². The molecule has 130 valence electrons. The largest absolute Gasteiger partial charge is 0.306 e. The molecule has 4 rings (SSSR count). The molecule has 1 aliphatic heterocycles. The van der Waals surface area contributed by atoms with Crippen LogP contribution in [0.1, 0.15) is 54.5 Å². The lowest BCUT2D eigenvalue weighted by molar-refractivity contribution is 0.206. The van der Waals surface area contributed by atoms with Gasteiger partial charge < -0.3 is 4.90 Å². The molecule has 2 aliphatic rings. The number of hydrogen-bond acceptors (Lipinski definition) is 2. The van der Waals surface area contributed by atoms with Gasteiger partial charge in [-0.25, -0.2) is 0 Å². The molecule has 1 aliphatic carbocycles. The van der Waals surface area contributed by atoms with Crippen LogP contribution in [0.25, 0.3) is 11.6 Å². The van der Waals surface area contributed by atoms with Gasteiger partial charge in [-0.15, -0.1) is 0 Å². The second-order valence-electron chi connectivity index (χ2n) is 7.35. The van der Waals surface area contributed by atoms with Gasteiger partial charge in [-0.2, -0.15) is 0 Å². The highest BCUT2D eigenvalue weighted by Gasteiger charge is 2.33. The molecule has 0 N–H and O–H groups in total. The predicted octanol–water partition coefficient (Wildman–Crippen LogP) is 5.47. The van der Waals surface area contributed by atoms with Crippen LogP contribution in [0.3, 0.4) is 0 Å². The van der Waals surface area contributed by atoms with E-state index in [9.17, 15) is 0 Å². The van der Waals surface area contributed by atoms with E-state index in [-0.39, 0.29) is 0 Å². The SMILES string of the molecule is CCC1=Cc2cccnc2C(C2CCN(C)CC2)c2ccc(Cl)cc21. The second kappa shape index (κ2) is 6.93. The Morgan fingerprint density at radius 1 is 1.20 bits per heavy atom. The minimum Gasteiger partial charge on any atom is -0.306 e. The zero-order chi connectivity index (χ0) is 17.4. The van der Waals surface area contributed by atoms with E-state index in [0.29, 0.717) is 11.8 Å². The number of hydrogen-bond donors (Lipinski definition) is 0. The zero-order valence-electron chi connectivity index (χ0n) is 15.0. The van der Waals surface area contributed by atoms with Gasteiger partial charge in [-0.05, 0) is 91.9 Å². The van der Waals surface area contributed by atoms with Gasteiger partial charge in [0.15, 0.2) is 0 Å². The molecule has 1 aromatic carbocycles. The maximum absolute atomic E-state index is 6.37. The number of rotatable bonds is 2. The molecule has 0 amide bonds. The monoisotopic (exact) mass is 352 g/mol. The molecule has 0 radical (unpaired) electrons. The fourth-order valence-corrected chi connectivity index (χ4v) is 4.61. The first-order chi connectivity index (χ1) is 12.2. The van der Waals surface area contributed by atoms with Crippen molar-refractivity contribution in [1.29, 1.82) is 0 Å². The molecule has 0 spiro atoms. The van der Waals surface area contributed by atoms with Gasteiger partial charge in [0.1, 0.15) is 0 Å². The third kappa shape index (κ3) is 3.14. The minimum absolute atomic E-state index is 0.359. The molecule has 2 heterocycles. The number of piperidine rings is 1. The average Bonchev–Trinajstić information content (AvgIpc) is 2.76. The van der Waals surface area contributed by atoms with Crippen molar-refractivity contribution in [3.05, 3.63) is 63.9 Å². The Kier molecular flexibility index (Phi) is 4.66. The van der Waals surface area contributed by atoms with Gasteiger partial charge >= 0.3 is 0 Å². The van der Waals surface area contributed by atoms with E-state index in [1.165, 1.54) is 53.9 Å². The molecule has 1 fully saturated rings. The van der Waals surface area contributed by atoms with Gasteiger partial charge in [0, 0.05) is 17.1 Å². The summed E-state index contributed by atoms with van der Waals surface area (Å²) in [5.74, 6) is 0.992. The summed E-state index contributed by atoms with van der Waals surface area (Å²) in [6, 6.07) is 10.7. The first kappa shape index (κ1) is 16.8. The number of benzene rings is 1. The molecular weight excluding hydrogens is 328 g/mol. The van der Waals surface area contributed by atoms with Crippen molar-refractivity contribution in [2.45, 2.75) is 32.1 Å². The van der Waals surface area contributed by atoms with Crippen molar-refractivity contribution in [3.8, 4) is 0 Å². The van der Waals surface area contributed by atoms with Crippen molar-refractivity contribution < 1.29 is 0 Å². The van der Waals surface area contributed by atoms with Crippen LogP contribution in [0.4, 0.5) is 0 Å². The third-order valence-electron chi connectivity index (χ3n) is 5.81. The van der Waals surface area contributed by atoms with E-state index >= 15 is 0 Å². The standard InChI is InChI=1S/C22H25ClN2/c1-3-15-13-17-5-4-10-24-22(17)21(16-8-11-25(2)12-9-16)19-7-6-18(23)14-20(15)19/h4-7,10,13-14,16,21H,3,8-9,11-12H2,1-2H3. The molecular formula is C22H25ClN2. The second-order valence-corrected chi connectivity index (χ2v) is 7.79. The van der Waals surface area contributed by atoms with Crippen molar-refractivity contribution in [2.24, 2.45) is 5.92 Å². The number of halogens is 1. The van der Waals surface area contributed by atoms with E-state index in [1.54, 1.807) is 0 Å². The zero-order valence-corrected chi connectivity index (χ0v) is 15.8. The topological polar surface area (TPSA) is 16.1 Å². The third-order valence-corrected chi connectivity index (χ3v) is 6.04. The van der Waals surface area contributed by atoms with E-state index < -0.39 is 0 Å². The van der Waals surface area contributed by atoms with Crippen LogP contribution in [0.5, 0.6) is 0 Å². The number of pyridine rings is 1. The Balaban J connectivity index is 1.90. The number of likely N-dealkylation sites (tertiary alicyclic amines) is 1. The van der Waals surface area contributed by atoms with Crippen molar-refractivity contribution >= 4 is 23.3 Å². The summed E-state index contributed by atoms with van der Waals surface area (Å²) in [5.41, 5.74) is 6.60. The Bertz CT molecular complexity index is 803. The first-order valence-electron chi connectivity index (χ1n) is 9.31. The Morgan fingerprint density at radius 2 is 2.00 bits per heavy atom. The lowest BCUT2D eigenvalue weighted by Gasteiger charge is -2.35. The predicted molar refractivity (Wildman–Crippen MR) is 106 cm³/mol. The van der Waals surface area contributed by atoms with Gasteiger partial charge in [0.25, 0.3) is 0 Å². The van der Waals surface area contributed by atoms with Crippen LogP contribution in [-0.4, -0.2) is 30.0 Å². The van der Waals surface area contributed by atoms with Crippen LogP contribution in [0.15, 0.2) is 36.5 Å². The van der Waals surface area contributed by atoms with E-state index in [4.69, 9.17) is 16.6 Å². The molecule has 1 aromatic heterocycles. The van der Waals surface area contributed by atoms with Gasteiger partial charge in [-0.3, -0.25) is 4.98 Å². The summed E-state index contributed by atoms with van der Waals surface area (Å²) >= 11 is 6.37. The minimum atomic E-state index is 0.359. The Hall–Kier alpha value is -1.64. The van der Waals surface area contributed by atoms with Crippen molar-refractivity contribution in [2.75, 3.05) is 20.1 Å². The molecule has 0 saturated carbocycles. The Morgan fingerprint density at radius 3 is 2.76 bits per heavy atom. The van der Waals surface area contributed by atoms with Crippen molar-refractivity contribution in [3.63, 3.8) is 0 Å². The van der Waals surface area contributed by atoms with Crippen LogP contribution >= 0.6 is 11.6 Å². The lowest BCUT2D eigenvalue weighted by Crippen LogP contribution is -2.33. The molecule has 0 bridgehead atoms. The molecule has 2 nitrogen and oxygen atoms in total. The summed E-state index contributed by atoms with van der Waals surface area (Å²) in [5, 5.41) is 0.819. The highest BCUT2D eigenvalue weighted by atomic mass is 35.5. The fourth-order valence-electron chi connectivity index (χ4n) is 4.43. The average molecular weight is 353 g/mol. The van der Waals surface area contributed by atoms with Crippen LogP contribution in [0.2, 0.25) is 5.02 Å². The highest BCUT2D eigenvalue weighted by molar-refractivity contribution is 6.30. The smallest absolute Gasteiger partial charge is 0.0553 e. The summed E-state index contributed by atoms with van der Waals surface area (Å²) in [6.07, 6.45) is 7.72. The van der Waals surface area contributed by atoms with Gasteiger partial charge in [0.2, 0.25) is 0 Å². The summed E-state index contributed by atoms with van der Waals surface area (Å²) in [4.78, 5) is 7.29. The fraction of sp³-hybridized carbons (Fsp3) is 0.409. The summed E-state index contributed by atoms with van der Waals surface area (Å²) in [7, 11) is 2.22. The quantitative estimate of drug-likeness (QED) is 0.712. The molecule has 2 aromatic rings. The van der Waals surface area contributed by atoms with E-state index in [0.717, 1.165) is 11.4 Å². The summed E-state index contributed by atoms with van der Waals surface area (Å²) < 4.78 is 0. The van der Waals surface area contributed by atoms with Gasteiger partial charge in [-0.1, -0.05) is 30.7 Å². The van der Waals surface area contributed by atoms with Crippen molar-refractivity contribution in [1.82, 2.24) is 9.88 Å². The maximum Gasteiger partial charge on any atom is 0.0553 e. The molecule has 1 atom stereocenters. The van der Waals surface area contributed by atoms with Crippen LogP contribution in [-0.2, 0) is 0 Å². The molecule has 25 heavy (non-hydrogen) atoms. The molecule has 1 saturated heterocycles. The molecule has 1 unspecified atom stereocenters. The van der Waals surface area contributed by atoms with Crippen LogP contribution in [0, 0.1) is 5.92 Å². The number of aromatic nitrogens is 1. The summed E-state index contributed by atoms with van der Waals surface area (Å²) in [6.45, 7) is 4.56. The van der Waals surface area contributed by atoms with E-state index in [1.807, 2.05) is 12.3 Å². The maximum atomic E-state index is 6.37. The molecule has 3 heteroatoms. The Labute approximate surface area is 155 Å². The number of allylic oxidation sites excluding steroid dienone is 1. The number of nitrogens with zero attached hydrogens (tertiary/aromatic N) is 2. The van der Waals surface area contributed by atoms with E-state index in [2.05, 4.69) is 49.2 Å². The van der Waals surface area contributed by atoms with Crippen LogP contribution < -0.4 is 0 Å². The normalized spacial score (nSPS) is 21.2. The highest BCUT2D eigenvalue weighted by Crippen LogP contribution is 2.45.